The standard InChI is InChI=1S/C4H8N2O3.Rh/c1-5-4(7)2-3-6(8)9;/h2-3H2,1H3,(H,5,7);/q;+1/p-1. The zero-order chi connectivity index (χ0) is 8.15. The van der Waals surface area contributed by atoms with Crippen molar-refractivity contribution in [1.29, 1.82) is 0 Å². The molecule has 0 spiro atoms. The van der Waals surface area contributed by atoms with Gasteiger partial charge in [-0.25, -0.2) is 0 Å². The second-order valence-corrected chi connectivity index (χ2v) is 2.75. The molecule has 0 N–H and O–H groups in total. The fourth-order valence-electron chi connectivity index (χ4n) is 0.336. The van der Waals surface area contributed by atoms with Crippen molar-refractivity contribution < 1.29 is 28.3 Å². The normalized spacial score (nSPS) is 9.10. The zero-order valence-corrected chi connectivity index (χ0v) is 7.01. The number of amides is 1. The average molecular weight is 234 g/mol. The van der Waals surface area contributed by atoms with Crippen LogP contribution in [0.3, 0.4) is 0 Å². The van der Waals surface area contributed by atoms with Crippen molar-refractivity contribution in [3.05, 3.63) is 10.1 Å². The molecular formula is C4H7N2O3Rh. The third kappa shape index (κ3) is 4.38. The van der Waals surface area contributed by atoms with Crippen LogP contribution in [-0.4, -0.2) is 28.1 Å². The Balaban J connectivity index is 3.50. The van der Waals surface area contributed by atoms with Gasteiger partial charge >= 0.3 is 67.9 Å². The maximum absolute atomic E-state index is 10.6. The maximum atomic E-state index is 10.6. The molecule has 60 valence electrons. The predicted molar refractivity (Wildman–Crippen MR) is 29.2 cm³/mol. The molecule has 0 saturated carbocycles. The van der Waals surface area contributed by atoms with Gasteiger partial charge in [0.25, 0.3) is 0 Å². The van der Waals surface area contributed by atoms with Crippen LogP contribution < -0.4 is 0 Å². The summed E-state index contributed by atoms with van der Waals surface area (Å²) in [7, 11) is 1.52. The molecule has 0 unspecified atom stereocenters. The zero-order valence-electron chi connectivity index (χ0n) is 5.37. The van der Waals surface area contributed by atoms with Crippen molar-refractivity contribution in [1.82, 2.24) is 3.64 Å². The van der Waals surface area contributed by atoms with Gasteiger partial charge in [-0.15, -0.1) is 0 Å². The van der Waals surface area contributed by atoms with Gasteiger partial charge in [-0.05, 0) is 0 Å². The van der Waals surface area contributed by atoms with Crippen LogP contribution in [0.5, 0.6) is 0 Å². The summed E-state index contributed by atoms with van der Waals surface area (Å²) in [6, 6.07) is 0. The molecule has 0 fully saturated rings. The van der Waals surface area contributed by atoms with Gasteiger partial charge in [0.2, 0.25) is 0 Å². The summed E-state index contributed by atoms with van der Waals surface area (Å²) in [6.07, 6.45) is -0.0414. The van der Waals surface area contributed by atoms with Crippen molar-refractivity contribution in [3.63, 3.8) is 0 Å². The summed E-state index contributed by atoms with van der Waals surface area (Å²) < 4.78 is 1.23. The van der Waals surface area contributed by atoms with E-state index in [2.05, 4.69) is 18.5 Å². The molecule has 0 aromatic heterocycles. The van der Waals surface area contributed by atoms with Crippen LogP contribution in [0.4, 0.5) is 0 Å². The van der Waals surface area contributed by atoms with Crippen LogP contribution >= 0.6 is 0 Å². The van der Waals surface area contributed by atoms with E-state index in [4.69, 9.17) is 0 Å². The van der Waals surface area contributed by atoms with Crippen molar-refractivity contribution in [2.45, 2.75) is 6.42 Å². The molecule has 0 atom stereocenters. The van der Waals surface area contributed by atoms with E-state index in [-0.39, 0.29) is 18.9 Å². The Bertz CT molecular complexity index is 147. The first-order valence-electron chi connectivity index (χ1n) is 2.56. The molecule has 0 saturated heterocycles. The first-order chi connectivity index (χ1) is 4.54. The van der Waals surface area contributed by atoms with E-state index < -0.39 is 4.92 Å². The van der Waals surface area contributed by atoms with E-state index >= 15 is 0 Å². The fraction of sp³-hybridized carbons (Fsp3) is 0.750. The average Bonchev–Trinajstić information content (AvgIpc) is 1.82. The Morgan fingerprint density at radius 1 is 1.80 bits per heavy atom. The van der Waals surface area contributed by atoms with Gasteiger partial charge in [-0.3, -0.25) is 0 Å². The molecule has 0 radical (unpaired) electrons. The Kier molecular flexibility index (Phi) is 4.11. The van der Waals surface area contributed by atoms with E-state index in [0.717, 1.165) is 0 Å². The molecule has 1 amide bonds. The van der Waals surface area contributed by atoms with Crippen LogP contribution in [0.15, 0.2) is 0 Å². The number of nitro groups is 1. The molecule has 0 aliphatic carbocycles. The van der Waals surface area contributed by atoms with E-state index in [1.54, 1.807) is 0 Å². The Hall–Kier alpha value is -0.507. The summed E-state index contributed by atoms with van der Waals surface area (Å²) >= 11 is 2.32. The van der Waals surface area contributed by atoms with Crippen LogP contribution in [0.25, 0.3) is 0 Å². The third-order valence-corrected chi connectivity index (χ3v) is 1.25. The quantitative estimate of drug-likeness (QED) is 0.378. The van der Waals surface area contributed by atoms with Crippen LogP contribution in [0, 0.1) is 10.1 Å². The summed E-state index contributed by atoms with van der Waals surface area (Å²) in [5.74, 6) is -0.260. The summed E-state index contributed by atoms with van der Waals surface area (Å²) in [4.78, 5) is 19.9. The van der Waals surface area contributed by atoms with E-state index in [9.17, 15) is 14.9 Å². The van der Waals surface area contributed by atoms with Gasteiger partial charge in [0.15, 0.2) is 0 Å². The molecule has 0 heterocycles. The van der Waals surface area contributed by atoms with Crippen molar-refractivity contribution in [2.24, 2.45) is 0 Å². The third-order valence-electron chi connectivity index (χ3n) is 0.841. The Morgan fingerprint density at radius 3 is 2.60 bits per heavy atom. The van der Waals surface area contributed by atoms with E-state index in [1.165, 1.54) is 10.7 Å². The van der Waals surface area contributed by atoms with Crippen molar-refractivity contribution in [2.75, 3.05) is 13.6 Å². The Labute approximate surface area is 68.5 Å². The van der Waals surface area contributed by atoms with E-state index in [1.807, 2.05) is 0 Å². The second kappa shape index (κ2) is 4.33. The first-order valence-corrected chi connectivity index (χ1v) is 3.29. The molecular weight excluding hydrogens is 227 g/mol. The van der Waals surface area contributed by atoms with Gasteiger partial charge < -0.3 is 0 Å². The molecule has 0 aromatic carbocycles. The SMILES string of the molecule is C[N]([Rh])C(=O)CC[N+](=O)[O-]. The minimum absolute atomic E-state index is 0.0414. The molecule has 6 heteroatoms. The van der Waals surface area contributed by atoms with Crippen molar-refractivity contribution in [3.8, 4) is 0 Å². The number of rotatable bonds is 3. The number of carbonyl (C=O) groups is 1. The van der Waals surface area contributed by atoms with Crippen LogP contribution in [0.2, 0.25) is 0 Å². The van der Waals surface area contributed by atoms with Gasteiger partial charge in [-0.1, -0.05) is 0 Å². The predicted octanol–water partition coefficient (Wildman–Crippen LogP) is -0.427. The van der Waals surface area contributed by atoms with Gasteiger partial charge in [0.1, 0.15) is 0 Å². The van der Waals surface area contributed by atoms with Gasteiger partial charge in [-0.2, -0.15) is 0 Å². The number of nitrogens with zero attached hydrogens (tertiary/aromatic N) is 2. The van der Waals surface area contributed by atoms with Gasteiger partial charge in [0, 0.05) is 0 Å². The topological polar surface area (TPSA) is 63.5 Å². The molecule has 5 nitrogen and oxygen atoms in total. The minimum atomic E-state index is -0.511. The number of hydrogen-bond donors (Lipinski definition) is 0. The summed E-state index contributed by atoms with van der Waals surface area (Å²) in [5.41, 5.74) is 0. The second-order valence-electron chi connectivity index (χ2n) is 1.65. The number of carbonyl (C=O) groups excluding carboxylic acids is 1. The molecule has 10 heavy (non-hydrogen) atoms. The summed E-state index contributed by atoms with van der Waals surface area (Å²) in [6.45, 7) is -0.298. The molecule has 0 rings (SSSR count). The van der Waals surface area contributed by atoms with Gasteiger partial charge in [0.05, 0.1) is 0 Å². The fourth-order valence-corrected chi connectivity index (χ4v) is 0.519. The van der Waals surface area contributed by atoms with Crippen LogP contribution in [-0.2, 0) is 23.3 Å². The Morgan fingerprint density at radius 2 is 2.30 bits per heavy atom. The summed E-state index contributed by atoms with van der Waals surface area (Å²) in [5, 5.41) is 9.75. The molecule has 0 aliphatic rings. The monoisotopic (exact) mass is 234 g/mol. The van der Waals surface area contributed by atoms with Crippen molar-refractivity contribution >= 4 is 5.91 Å². The molecule has 0 bridgehead atoms. The first kappa shape index (κ1) is 9.49. The van der Waals surface area contributed by atoms with E-state index in [0.29, 0.717) is 0 Å². The van der Waals surface area contributed by atoms with Crippen LogP contribution in [0.1, 0.15) is 6.42 Å². The molecule has 0 aliphatic heterocycles. The molecule has 0 aromatic rings. The number of hydrogen-bond acceptors (Lipinski definition) is 3.